The maximum atomic E-state index is 0. The van der Waals surface area contributed by atoms with Crippen molar-refractivity contribution in [1.29, 1.82) is 0 Å². The fraction of sp³-hybridized carbons (Fsp3) is 0. The summed E-state index contributed by atoms with van der Waals surface area (Å²) in [5.74, 6) is 0. The van der Waals surface area contributed by atoms with Gasteiger partial charge in [-0.25, -0.2) is 0 Å². The smallest absolute Gasteiger partial charge is 0 e. The standard InChI is InChI=1S/Bi.Fe.Mg.Mo.Ni.5H. The molecular weight excluding hydrogens is 444 g/mol. The van der Waals surface area contributed by atoms with Crippen LogP contribution in [0.5, 0.6) is 0 Å². The van der Waals surface area contributed by atoms with Crippen LogP contribution in [0.4, 0.5) is 0 Å². The van der Waals surface area contributed by atoms with Crippen LogP contribution in [0.2, 0.25) is 0 Å². The molecule has 0 heterocycles. The Morgan fingerprint density at radius 1 is 1.00 bits per heavy atom. The summed E-state index contributed by atoms with van der Waals surface area (Å²) in [5, 5.41) is 0. The molecule has 0 fully saturated rings. The third kappa shape index (κ3) is 18.7. The second kappa shape index (κ2) is 26.4. The van der Waals surface area contributed by atoms with Crippen molar-refractivity contribution >= 4 is 49.3 Å². The van der Waals surface area contributed by atoms with E-state index in [1.54, 1.807) is 0 Å². The fourth-order valence-corrected chi connectivity index (χ4v) is 0. The van der Waals surface area contributed by atoms with Gasteiger partial charge in [0.05, 0.1) is 0 Å². The summed E-state index contributed by atoms with van der Waals surface area (Å²) < 4.78 is 0. The van der Waals surface area contributed by atoms with Crippen molar-refractivity contribution in [3.63, 3.8) is 0 Å². The molecule has 0 rings (SSSR count). The van der Waals surface area contributed by atoms with Crippen molar-refractivity contribution in [2.24, 2.45) is 0 Å². The van der Waals surface area contributed by atoms with Crippen LogP contribution in [-0.4, -0.2) is 49.3 Å². The molecule has 5 heteroatoms. The molecule has 5 heavy (non-hydrogen) atoms. The van der Waals surface area contributed by atoms with E-state index in [0.717, 1.165) is 0 Å². The van der Waals surface area contributed by atoms with Crippen LogP contribution in [0.3, 0.4) is 0 Å². The summed E-state index contributed by atoms with van der Waals surface area (Å²) in [6, 6.07) is 0. The normalized spacial score (nSPS) is 0. The van der Waals surface area contributed by atoms with Gasteiger partial charge in [-0.3, -0.25) is 0 Å². The first-order chi connectivity index (χ1) is 0. The third-order valence-electron chi connectivity index (χ3n) is 0. The largest absolute Gasteiger partial charge is 0.316 e. The van der Waals surface area contributed by atoms with E-state index in [1.807, 2.05) is 0 Å². The minimum atomic E-state index is 0. The minimum Gasteiger partial charge on any atom is 0 e. The van der Waals surface area contributed by atoms with Gasteiger partial charge >= 0.3 is 49.3 Å². The molecule has 0 unspecified atom stereocenters. The van der Waals surface area contributed by atoms with Crippen molar-refractivity contribution in [2.45, 2.75) is 0 Å². The molecule has 0 nitrogen and oxygen atoms in total. The molecule has 0 aliphatic heterocycles. The Morgan fingerprint density at radius 2 is 1.00 bits per heavy atom. The molecule has 0 atom stereocenters. The Labute approximate surface area is 102 Å². The van der Waals surface area contributed by atoms with Gasteiger partial charge in [-0.05, 0) is 0 Å². The van der Waals surface area contributed by atoms with Gasteiger partial charge < -0.3 is 0 Å². The van der Waals surface area contributed by atoms with Crippen molar-refractivity contribution in [1.82, 2.24) is 0 Å². The summed E-state index contributed by atoms with van der Waals surface area (Å²) in [7, 11) is 0. The molecule has 0 aromatic carbocycles. The van der Waals surface area contributed by atoms with E-state index in [2.05, 4.69) is 0 Å². The SMILES string of the molecule is [BiH3].[Fe].[MgH2].[Mo].[Ni]. The molecule has 0 N–H and O–H groups in total. The van der Waals surface area contributed by atoms with Crippen LogP contribution in [0, 0.1) is 0 Å². The molecule has 0 amide bonds. The second-order valence-corrected chi connectivity index (χ2v) is 0. The van der Waals surface area contributed by atoms with E-state index in [0.29, 0.717) is 0 Å². The number of hydrogen-bond acceptors (Lipinski definition) is 0. The molecule has 0 spiro atoms. The Hall–Kier alpha value is 3.35. The zero-order valence-corrected chi connectivity index (χ0v) is 11.4. The third-order valence-corrected chi connectivity index (χ3v) is 0. The summed E-state index contributed by atoms with van der Waals surface area (Å²) in [5.41, 5.74) is 0. The molecule has 0 saturated heterocycles. The summed E-state index contributed by atoms with van der Waals surface area (Å²) >= 11 is 0. The monoisotopic (exact) mass is 450 g/mol. The zero-order chi connectivity index (χ0) is 0. The van der Waals surface area contributed by atoms with Crippen molar-refractivity contribution in [3.05, 3.63) is 0 Å². The number of hydrogen-bond donors (Lipinski definition) is 0. The molecule has 0 aliphatic carbocycles. The van der Waals surface area contributed by atoms with Gasteiger partial charge in [0.1, 0.15) is 0 Å². The predicted molar refractivity (Wildman–Crippen MR) is 18.5 cm³/mol. The Morgan fingerprint density at radius 3 is 1.00 bits per heavy atom. The molecule has 0 aliphatic rings. The molecule has 0 aromatic rings. The van der Waals surface area contributed by atoms with Gasteiger partial charge in [0.25, 0.3) is 0 Å². The quantitative estimate of drug-likeness (QED) is 0.372. The van der Waals surface area contributed by atoms with E-state index < -0.39 is 0 Å². The van der Waals surface area contributed by atoms with Crippen LogP contribution >= 0.6 is 0 Å². The summed E-state index contributed by atoms with van der Waals surface area (Å²) in [6.07, 6.45) is 0. The maximum absolute atomic E-state index is 0. The zero-order valence-electron chi connectivity index (χ0n) is 1.79. The van der Waals surface area contributed by atoms with Crippen LogP contribution < -0.4 is 0 Å². The Kier molecular flexibility index (Phi) is 212. The molecule has 0 radical (unpaired) electrons. The van der Waals surface area contributed by atoms with Crippen LogP contribution in [0.1, 0.15) is 0 Å². The molecule has 0 saturated carbocycles. The first-order valence-electron chi connectivity index (χ1n) is 0. The molecular formula is H5BiFeMgMoNi. The van der Waals surface area contributed by atoms with Gasteiger partial charge in [-0.2, -0.15) is 0 Å². The first kappa shape index (κ1) is 40.2. The predicted octanol–water partition coefficient (Wildman–Crippen LogP) is -2.11. The fourth-order valence-electron chi connectivity index (χ4n) is 0. The van der Waals surface area contributed by atoms with Gasteiger partial charge in [0.15, 0.2) is 0 Å². The summed E-state index contributed by atoms with van der Waals surface area (Å²) in [6.45, 7) is 0. The minimum absolute atomic E-state index is 0. The van der Waals surface area contributed by atoms with Gasteiger partial charge in [-0.15, -0.1) is 0 Å². The van der Waals surface area contributed by atoms with Crippen molar-refractivity contribution < 1.29 is 54.6 Å². The average molecular weight is 449 g/mol. The van der Waals surface area contributed by atoms with Crippen molar-refractivity contribution in [2.75, 3.05) is 0 Å². The topological polar surface area (TPSA) is 0 Å². The van der Waals surface area contributed by atoms with Crippen LogP contribution in [0.25, 0.3) is 0 Å². The molecule has 0 bridgehead atoms. The number of rotatable bonds is 0. The second-order valence-electron chi connectivity index (χ2n) is 0. The van der Waals surface area contributed by atoms with E-state index in [9.17, 15) is 0 Å². The van der Waals surface area contributed by atoms with Crippen LogP contribution in [-0.2, 0) is 54.6 Å². The first-order valence-corrected chi connectivity index (χ1v) is 0. The molecule has 0 aromatic heterocycles. The van der Waals surface area contributed by atoms with Gasteiger partial charge in [-0.1, -0.05) is 0 Å². The van der Waals surface area contributed by atoms with Crippen LogP contribution in [0.15, 0.2) is 0 Å². The maximum Gasteiger partial charge on any atom is 0.316 e. The van der Waals surface area contributed by atoms with E-state index >= 15 is 0 Å². The van der Waals surface area contributed by atoms with E-state index in [-0.39, 0.29) is 104 Å². The van der Waals surface area contributed by atoms with Gasteiger partial charge in [0, 0.05) is 54.6 Å². The Bertz CT molecular complexity index is 11.6. The Balaban J connectivity index is 0. The van der Waals surface area contributed by atoms with E-state index in [1.165, 1.54) is 0 Å². The van der Waals surface area contributed by atoms with Crippen molar-refractivity contribution in [3.8, 4) is 0 Å². The van der Waals surface area contributed by atoms with Gasteiger partial charge in [0.2, 0.25) is 0 Å². The molecule has 36 valence electrons. The van der Waals surface area contributed by atoms with E-state index in [4.69, 9.17) is 0 Å². The average Bonchev–Trinajstić information content (AvgIpc) is 0. The summed E-state index contributed by atoms with van der Waals surface area (Å²) in [4.78, 5) is 0.